The molecule has 0 aliphatic carbocycles. The molecule has 0 aromatic carbocycles. The van der Waals surface area contributed by atoms with Gasteiger partial charge in [-0.15, -0.1) is 0 Å². The zero-order chi connectivity index (χ0) is 15.9. The Hall–Kier alpha value is -1.32. The van der Waals surface area contributed by atoms with Crippen molar-refractivity contribution in [2.24, 2.45) is 11.8 Å². The number of rotatable bonds is 4. The van der Waals surface area contributed by atoms with Gasteiger partial charge in [-0.1, -0.05) is 46.3 Å². The van der Waals surface area contributed by atoms with Gasteiger partial charge in [0, 0.05) is 5.92 Å². The SMILES string of the molecule is C/C=C(\C)CC(C)C(=O)N1C(=O)OCC1C(C)C.CC. The lowest BCUT2D eigenvalue weighted by Gasteiger charge is -2.25. The van der Waals surface area contributed by atoms with E-state index in [9.17, 15) is 9.59 Å². The van der Waals surface area contributed by atoms with Crippen molar-refractivity contribution < 1.29 is 14.3 Å². The number of amides is 2. The summed E-state index contributed by atoms with van der Waals surface area (Å²) < 4.78 is 4.99. The highest BCUT2D eigenvalue weighted by Gasteiger charge is 2.40. The highest BCUT2D eigenvalue weighted by atomic mass is 16.6. The average molecular weight is 283 g/mol. The normalized spacial score (nSPS) is 20.4. The molecule has 4 heteroatoms. The van der Waals surface area contributed by atoms with Gasteiger partial charge in [0.1, 0.15) is 6.61 Å². The minimum absolute atomic E-state index is 0.127. The summed E-state index contributed by atoms with van der Waals surface area (Å²) in [6.45, 7) is 14.1. The highest BCUT2D eigenvalue weighted by Crippen LogP contribution is 2.23. The number of allylic oxidation sites excluding steroid dienone is 2. The third-order valence-electron chi connectivity index (χ3n) is 3.46. The summed E-state index contributed by atoms with van der Waals surface area (Å²) in [6, 6.07) is -0.127. The first-order chi connectivity index (χ1) is 9.38. The van der Waals surface area contributed by atoms with Gasteiger partial charge in [-0.25, -0.2) is 9.69 Å². The molecule has 0 spiro atoms. The van der Waals surface area contributed by atoms with Gasteiger partial charge in [-0.2, -0.15) is 0 Å². The molecule has 0 aromatic rings. The van der Waals surface area contributed by atoms with E-state index in [1.165, 1.54) is 4.90 Å². The van der Waals surface area contributed by atoms with Crippen LogP contribution in [0.25, 0.3) is 0 Å². The van der Waals surface area contributed by atoms with Gasteiger partial charge in [0.25, 0.3) is 0 Å². The molecule has 1 heterocycles. The molecule has 4 nitrogen and oxygen atoms in total. The van der Waals surface area contributed by atoms with E-state index in [0.717, 1.165) is 5.57 Å². The molecular formula is C16H29NO3. The van der Waals surface area contributed by atoms with Crippen LogP contribution in [0.3, 0.4) is 0 Å². The van der Waals surface area contributed by atoms with Gasteiger partial charge in [-0.05, 0) is 26.2 Å². The first-order valence-corrected chi connectivity index (χ1v) is 7.50. The van der Waals surface area contributed by atoms with E-state index >= 15 is 0 Å². The predicted octanol–water partition coefficient (Wildman–Crippen LogP) is 4.01. The number of imide groups is 1. The minimum atomic E-state index is -0.497. The molecule has 2 amide bonds. The molecule has 2 unspecified atom stereocenters. The van der Waals surface area contributed by atoms with Crippen LogP contribution in [0.2, 0.25) is 0 Å². The summed E-state index contributed by atoms with van der Waals surface area (Å²) in [6.07, 6.45) is 2.18. The lowest BCUT2D eigenvalue weighted by atomic mass is 9.98. The average Bonchev–Trinajstić information content (AvgIpc) is 2.81. The van der Waals surface area contributed by atoms with Crippen LogP contribution in [-0.2, 0) is 9.53 Å². The lowest BCUT2D eigenvalue weighted by molar-refractivity contribution is -0.133. The van der Waals surface area contributed by atoms with Crippen molar-refractivity contribution in [1.29, 1.82) is 0 Å². The second-order valence-corrected chi connectivity index (χ2v) is 5.34. The molecular weight excluding hydrogens is 254 g/mol. The second-order valence-electron chi connectivity index (χ2n) is 5.34. The van der Waals surface area contributed by atoms with Crippen LogP contribution in [0.4, 0.5) is 4.79 Å². The van der Waals surface area contributed by atoms with Crippen molar-refractivity contribution in [2.45, 2.75) is 60.9 Å². The largest absolute Gasteiger partial charge is 0.447 e. The first-order valence-electron chi connectivity index (χ1n) is 7.50. The Kier molecular flexibility index (Phi) is 8.19. The first kappa shape index (κ1) is 18.7. The van der Waals surface area contributed by atoms with Crippen LogP contribution >= 0.6 is 0 Å². The predicted molar refractivity (Wildman–Crippen MR) is 81.4 cm³/mol. The fourth-order valence-electron chi connectivity index (χ4n) is 2.11. The van der Waals surface area contributed by atoms with Crippen LogP contribution in [-0.4, -0.2) is 29.5 Å². The maximum atomic E-state index is 12.3. The lowest BCUT2D eigenvalue weighted by Crippen LogP contribution is -2.44. The summed E-state index contributed by atoms with van der Waals surface area (Å²) >= 11 is 0. The zero-order valence-corrected chi connectivity index (χ0v) is 13.9. The fraction of sp³-hybridized carbons (Fsp3) is 0.750. The molecule has 0 saturated carbocycles. The molecule has 1 saturated heterocycles. The number of hydrogen-bond donors (Lipinski definition) is 0. The third kappa shape index (κ3) is 4.66. The van der Waals surface area contributed by atoms with Gasteiger partial charge < -0.3 is 4.74 Å². The maximum Gasteiger partial charge on any atom is 0.416 e. The van der Waals surface area contributed by atoms with Crippen LogP contribution < -0.4 is 0 Å². The van der Waals surface area contributed by atoms with Crippen molar-refractivity contribution in [3.05, 3.63) is 11.6 Å². The maximum absolute atomic E-state index is 12.3. The Morgan fingerprint density at radius 2 is 1.95 bits per heavy atom. The molecule has 20 heavy (non-hydrogen) atoms. The van der Waals surface area contributed by atoms with E-state index in [4.69, 9.17) is 4.74 Å². The summed E-state index contributed by atoms with van der Waals surface area (Å²) in [5.41, 5.74) is 1.16. The molecule has 116 valence electrons. The van der Waals surface area contributed by atoms with E-state index < -0.39 is 6.09 Å². The number of hydrogen-bond acceptors (Lipinski definition) is 3. The van der Waals surface area contributed by atoms with Gasteiger partial charge >= 0.3 is 6.09 Å². The van der Waals surface area contributed by atoms with E-state index in [1.807, 2.05) is 54.5 Å². The van der Waals surface area contributed by atoms with Crippen molar-refractivity contribution in [1.82, 2.24) is 4.90 Å². The van der Waals surface area contributed by atoms with Gasteiger partial charge in [-0.3, -0.25) is 4.79 Å². The number of ether oxygens (including phenoxy) is 1. The van der Waals surface area contributed by atoms with E-state index in [-0.39, 0.29) is 23.8 Å². The van der Waals surface area contributed by atoms with Crippen LogP contribution in [0.1, 0.15) is 54.9 Å². The van der Waals surface area contributed by atoms with Crippen molar-refractivity contribution in [3.8, 4) is 0 Å². The number of nitrogens with zero attached hydrogens (tertiary/aromatic N) is 1. The monoisotopic (exact) mass is 283 g/mol. The van der Waals surface area contributed by atoms with Crippen LogP contribution in [0.5, 0.6) is 0 Å². The van der Waals surface area contributed by atoms with Crippen molar-refractivity contribution in [2.75, 3.05) is 6.61 Å². The number of carbonyl (C=O) groups excluding carboxylic acids is 2. The zero-order valence-electron chi connectivity index (χ0n) is 13.9. The fourth-order valence-corrected chi connectivity index (χ4v) is 2.11. The van der Waals surface area contributed by atoms with Crippen molar-refractivity contribution >= 4 is 12.0 Å². The Balaban J connectivity index is 0.00000172. The summed E-state index contributed by atoms with van der Waals surface area (Å²) in [7, 11) is 0. The summed E-state index contributed by atoms with van der Waals surface area (Å²) in [4.78, 5) is 25.3. The molecule has 0 radical (unpaired) electrons. The van der Waals surface area contributed by atoms with Crippen molar-refractivity contribution in [3.63, 3.8) is 0 Å². The second kappa shape index (κ2) is 8.77. The highest BCUT2D eigenvalue weighted by molar-refractivity contribution is 5.94. The van der Waals surface area contributed by atoms with Crippen LogP contribution in [0.15, 0.2) is 11.6 Å². The molecule has 0 N–H and O–H groups in total. The van der Waals surface area contributed by atoms with Gasteiger partial charge in [0.05, 0.1) is 6.04 Å². The van der Waals surface area contributed by atoms with Crippen LogP contribution in [0, 0.1) is 11.8 Å². The van der Waals surface area contributed by atoms with Gasteiger partial charge in [0.15, 0.2) is 0 Å². The summed E-state index contributed by atoms with van der Waals surface area (Å²) in [5.74, 6) is -0.0964. The number of cyclic esters (lactones) is 1. The van der Waals surface area contributed by atoms with E-state index in [0.29, 0.717) is 13.0 Å². The molecule has 1 fully saturated rings. The van der Waals surface area contributed by atoms with Gasteiger partial charge in [0.2, 0.25) is 5.91 Å². The third-order valence-corrected chi connectivity index (χ3v) is 3.46. The molecule has 1 rings (SSSR count). The summed E-state index contributed by atoms with van der Waals surface area (Å²) in [5, 5.41) is 0. The van der Waals surface area contributed by atoms with E-state index in [1.54, 1.807) is 0 Å². The van der Waals surface area contributed by atoms with E-state index in [2.05, 4.69) is 0 Å². The quantitative estimate of drug-likeness (QED) is 0.732. The Bertz CT molecular complexity index is 361. The standard InChI is InChI=1S/C14H23NO3.C2H6/c1-6-10(4)7-11(5)13(16)15-12(9(2)3)8-18-14(15)17;1-2/h6,9,11-12H,7-8H2,1-5H3;1-2H3/b10-6+;. The Morgan fingerprint density at radius 1 is 1.40 bits per heavy atom. The molecule has 2 atom stereocenters. The molecule has 0 aromatic heterocycles. The Labute approximate surface area is 123 Å². The Morgan fingerprint density at radius 3 is 2.40 bits per heavy atom. The molecule has 0 bridgehead atoms. The minimum Gasteiger partial charge on any atom is -0.447 e. The topological polar surface area (TPSA) is 46.6 Å². The molecule has 1 aliphatic rings. The smallest absolute Gasteiger partial charge is 0.416 e. The number of carbonyl (C=O) groups is 2. The molecule has 1 aliphatic heterocycles.